The molecule has 0 unspecified atom stereocenters. The molecule has 0 fully saturated rings. The highest BCUT2D eigenvalue weighted by atomic mass is 32.2. The largest absolute Gasteiger partial charge is 0.349 e. The summed E-state index contributed by atoms with van der Waals surface area (Å²) in [5.41, 5.74) is 0.791. The highest BCUT2D eigenvalue weighted by Crippen LogP contribution is 2.20. The fraction of sp³-hybridized carbons (Fsp3) is 0.389. The Hall–Kier alpha value is -1.81. The molecule has 148 valence electrons. The quantitative estimate of drug-likeness (QED) is 0.659. The van der Waals surface area contributed by atoms with Crippen LogP contribution in [0, 0.1) is 5.82 Å². The van der Waals surface area contributed by atoms with Gasteiger partial charge in [0.1, 0.15) is 5.82 Å². The second kappa shape index (κ2) is 9.41. The van der Waals surface area contributed by atoms with Gasteiger partial charge in [-0.2, -0.15) is 0 Å². The van der Waals surface area contributed by atoms with Crippen LogP contribution in [0.15, 0.2) is 36.4 Å². The van der Waals surface area contributed by atoms with Crippen molar-refractivity contribution in [3.8, 4) is 0 Å². The first-order valence-electron chi connectivity index (χ1n) is 8.39. The summed E-state index contributed by atoms with van der Waals surface area (Å²) in [6.07, 6.45) is 1.63. The minimum absolute atomic E-state index is 0.150. The molecular weight excluding hydrogens is 389 g/mol. The number of halogens is 1. The van der Waals surface area contributed by atoms with E-state index in [-0.39, 0.29) is 17.8 Å². The van der Waals surface area contributed by atoms with Crippen molar-refractivity contribution in [2.24, 2.45) is 0 Å². The molecule has 6 nitrogen and oxygen atoms in total. The third-order valence-corrected chi connectivity index (χ3v) is 5.81. The van der Waals surface area contributed by atoms with Gasteiger partial charge in [-0.05, 0) is 50.3 Å². The first-order chi connectivity index (χ1) is 12.7. The number of rotatable bonds is 9. The van der Waals surface area contributed by atoms with E-state index in [2.05, 4.69) is 10.0 Å². The number of carbonyl (C=O) groups excluding carboxylic acids is 1. The summed E-state index contributed by atoms with van der Waals surface area (Å²) in [6.45, 7) is 0.640. The van der Waals surface area contributed by atoms with Crippen LogP contribution in [0.25, 0.3) is 0 Å². The van der Waals surface area contributed by atoms with Crippen LogP contribution in [0.5, 0.6) is 0 Å². The molecule has 0 saturated carbocycles. The topological polar surface area (TPSA) is 78.5 Å². The Morgan fingerprint density at radius 3 is 2.63 bits per heavy atom. The van der Waals surface area contributed by atoms with Crippen LogP contribution in [-0.2, 0) is 16.4 Å². The molecule has 2 N–H and O–H groups in total. The minimum atomic E-state index is -3.22. The van der Waals surface area contributed by atoms with E-state index in [1.54, 1.807) is 12.1 Å². The number of hydrogen-bond acceptors (Lipinski definition) is 5. The van der Waals surface area contributed by atoms with Crippen LogP contribution in [0.4, 0.5) is 4.39 Å². The molecule has 2 aromatic rings. The number of likely N-dealkylation sites (N-methyl/N-ethyl adjacent to an activating group) is 1. The predicted octanol–water partition coefficient (Wildman–Crippen LogP) is 2.01. The van der Waals surface area contributed by atoms with Crippen molar-refractivity contribution >= 4 is 27.3 Å². The van der Waals surface area contributed by atoms with Crippen molar-refractivity contribution in [1.82, 2.24) is 14.9 Å². The van der Waals surface area contributed by atoms with Crippen molar-refractivity contribution in [3.63, 3.8) is 0 Å². The zero-order chi connectivity index (χ0) is 20.0. The molecule has 0 bridgehead atoms. The molecule has 27 heavy (non-hydrogen) atoms. The number of benzene rings is 1. The summed E-state index contributed by atoms with van der Waals surface area (Å²) in [5, 5.41) is 2.89. The lowest BCUT2D eigenvalue weighted by atomic mass is 10.1. The highest BCUT2D eigenvalue weighted by molar-refractivity contribution is 7.88. The molecule has 2 rings (SSSR count). The van der Waals surface area contributed by atoms with Gasteiger partial charge in [-0.25, -0.2) is 17.5 Å². The maximum atomic E-state index is 13.5. The number of nitrogens with zero attached hydrogens (tertiary/aromatic N) is 1. The van der Waals surface area contributed by atoms with E-state index < -0.39 is 10.0 Å². The number of sulfonamides is 1. The number of amides is 1. The van der Waals surface area contributed by atoms with Gasteiger partial charge in [0, 0.05) is 18.0 Å². The average Bonchev–Trinajstić information content (AvgIpc) is 3.02. The number of hydrogen-bond donors (Lipinski definition) is 2. The van der Waals surface area contributed by atoms with Crippen molar-refractivity contribution in [2.75, 3.05) is 33.4 Å². The molecule has 0 aliphatic heterocycles. The molecule has 1 atom stereocenters. The van der Waals surface area contributed by atoms with Gasteiger partial charge < -0.3 is 10.2 Å². The predicted molar refractivity (Wildman–Crippen MR) is 106 cm³/mol. The molecule has 1 aromatic heterocycles. The van der Waals surface area contributed by atoms with E-state index in [4.69, 9.17) is 0 Å². The van der Waals surface area contributed by atoms with E-state index >= 15 is 0 Å². The van der Waals surface area contributed by atoms with Crippen molar-refractivity contribution in [3.05, 3.63) is 57.5 Å². The Kier molecular flexibility index (Phi) is 7.49. The molecule has 1 aromatic carbocycles. The Morgan fingerprint density at radius 2 is 2.00 bits per heavy atom. The number of thiophene rings is 1. The molecule has 0 spiro atoms. The monoisotopic (exact) mass is 413 g/mol. The number of carbonyl (C=O) groups is 1. The lowest BCUT2D eigenvalue weighted by Crippen LogP contribution is -2.34. The summed E-state index contributed by atoms with van der Waals surface area (Å²) < 4.78 is 38.1. The fourth-order valence-corrected chi connectivity index (χ4v) is 3.98. The summed E-state index contributed by atoms with van der Waals surface area (Å²) in [4.78, 5) is 15.8. The second-order valence-electron chi connectivity index (χ2n) is 6.43. The Morgan fingerprint density at radius 1 is 1.26 bits per heavy atom. The SMILES string of the molecule is CN(C)[C@H](CNC(=O)c1ccc(CCNS(C)(=O)=O)s1)c1cccc(F)c1. The standard InChI is InChI=1S/C18H24FN3O3S2/c1-22(2)16(13-5-4-6-14(19)11-13)12-20-18(23)17-8-7-15(26-17)9-10-21-27(3,24)25/h4-8,11,16,21H,9-10,12H2,1-3H3,(H,20,23)/t16-/m1/s1. The van der Waals surface area contributed by atoms with Crippen LogP contribution in [0.2, 0.25) is 0 Å². The van der Waals surface area contributed by atoms with Crippen LogP contribution in [-0.4, -0.2) is 52.7 Å². The molecule has 0 radical (unpaired) electrons. The summed E-state index contributed by atoms with van der Waals surface area (Å²) >= 11 is 1.33. The normalized spacial score (nSPS) is 12.9. The summed E-state index contributed by atoms with van der Waals surface area (Å²) in [6, 6.07) is 9.73. The van der Waals surface area contributed by atoms with Crippen LogP contribution >= 0.6 is 11.3 Å². The maximum absolute atomic E-state index is 13.5. The Balaban J connectivity index is 1.94. The zero-order valence-electron chi connectivity index (χ0n) is 15.5. The average molecular weight is 414 g/mol. The van der Waals surface area contributed by atoms with Crippen molar-refractivity contribution < 1.29 is 17.6 Å². The van der Waals surface area contributed by atoms with Gasteiger partial charge in [0.2, 0.25) is 10.0 Å². The van der Waals surface area contributed by atoms with E-state index in [9.17, 15) is 17.6 Å². The molecule has 1 amide bonds. The summed E-state index contributed by atoms with van der Waals surface area (Å²) in [5.74, 6) is -0.512. The fourth-order valence-electron chi connectivity index (χ4n) is 2.58. The van der Waals surface area contributed by atoms with Crippen LogP contribution < -0.4 is 10.0 Å². The first kappa shape index (κ1) is 21.5. The maximum Gasteiger partial charge on any atom is 0.261 e. The van der Waals surface area contributed by atoms with Gasteiger partial charge in [0.25, 0.3) is 5.91 Å². The second-order valence-corrected chi connectivity index (χ2v) is 9.43. The van der Waals surface area contributed by atoms with Crippen LogP contribution in [0.1, 0.15) is 26.2 Å². The van der Waals surface area contributed by atoms with Gasteiger partial charge >= 0.3 is 0 Å². The highest BCUT2D eigenvalue weighted by Gasteiger charge is 2.17. The third kappa shape index (κ3) is 7.02. The van der Waals surface area contributed by atoms with Crippen LogP contribution in [0.3, 0.4) is 0 Å². The Bertz CT molecular complexity index is 881. The van der Waals surface area contributed by atoms with Crippen molar-refractivity contribution in [1.29, 1.82) is 0 Å². The summed E-state index contributed by atoms with van der Waals surface area (Å²) in [7, 11) is 0.534. The Labute approximate surface area is 163 Å². The lowest BCUT2D eigenvalue weighted by molar-refractivity contribution is 0.0946. The van der Waals surface area contributed by atoms with Gasteiger partial charge in [0.15, 0.2) is 0 Å². The smallest absolute Gasteiger partial charge is 0.261 e. The lowest BCUT2D eigenvalue weighted by Gasteiger charge is -2.25. The third-order valence-electron chi connectivity index (χ3n) is 3.93. The van der Waals surface area contributed by atoms with E-state index in [0.29, 0.717) is 24.4 Å². The zero-order valence-corrected chi connectivity index (χ0v) is 17.2. The van der Waals surface area contributed by atoms with Gasteiger partial charge in [0.05, 0.1) is 17.2 Å². The van der Waals surface area contributed by atoms with E-state index in [1.807, 2.05) is 31.1 Å². The van der Waals surface area contributed by atoms with E-state index in [0.717, 1.165) is 16.7 Å². The van der Waals surface area contributed by atoms with Gasteiger partial charge in [-0.15, -0.1) is 11.3 Å². The molecule has 0 aliphatic rings. The van der Waals surface area contributed by atoms with Gasteiger partial charge in [-0.3, -0.25) is 4.79 Å². The van der Waals surface area contributed by atoms with E-state index in [1.165, 1.54) is 23.5 Å². The first-order valence-corrected chi connectivity index (χ1v) is 11.1. The molecule has 0 aliphatic carbocycles. The molecular formula is C18H24FN3O3S2. The number of nitrogens with one attached hydrogen (secondary N) is 2. The minimum Gasteiger partial charge on any atom is -0.349 e. The van der Waals surface area contributed by atoms with Crippen molar-refractivity contribution in [2.45, 2.75) is 12.5 Å². The molecule has 1 heterocycles. The molecule has 0 saturated heterocycles. The van der Waals surface area contributed by atoms with Gasteiger partial charge in [-0.1, -0.05) is 12.1 Å². The molecule has 9 heteroatoms.